The predicted molar refractivity (Wildman–Crippen MR) is 86.5 cm³/mol. The molecule has 2 fully saturated rings. The second-order valence-corrected chi connectivity index (χ2v) is 6.54. The number of hydrogen-bond acceptors (Lipinski definition) is 5. The van der Waals surface area contributed by atoms with Crippen LogP contribution in [0, 0.1) is 5.92 Å². The summed E-state index contributed by atoms with van der Waals surface area (Å²) >= 11 is 0. The standard InChI is InChI=1S/C16H22N6/c1-11-3-2-8-22(10-11)16-17-7-6-14(19-16)18-15-9-13(20-21-15)12-4-5-12/h6-7,9,11-12H,2-5,8,10H2,1H3,(H2,17,18,19,20,21). The molecule has 2 aromatic heterocycles. The zero-order valence-electron chi connectivity index (χ0n) is 12.9. The van der Waals surface area contributed by atoms with Crippen molar-refractivity contribution < 1.29 is 0 Å². The third kappa shape index (κ3) is 2.91. The number of nitrogens with zero attached hydrogens (tertiary/aromatic N) is 4. The lowest BCUT2D eigenvalue weighted by Crippen LogP contribution is -2.35. The topological polar surface area (TPSA) is 69.7 Å². The van der Waals surface area contributed by atoms with Crippen molar-refractivity contribution >= 4 is 17.6 Å². The molecule has 6 nitrogen and oxygen atoms in total. The zero-order chi connectivity index (χ0) is 14.9. The van der Waals surface area contributed by atoms with Crippen LogP contribution in [0.1, 0.15) is 44.2 Å². The van der Waals surface area contributed by atoms with Gasteiger partial charge in [0.25, 0.3) is 0 Å². The maximum absolute atomic E-state index is 4.65. The van der Waals surface area contributed by atoms with Gasteiger partial charge in [0, 0.05) is 37.0 Å². The smallest absolute Gasteiger partial charge is 0.227 e. The van der Waals surface area contributed by atoms with Crippen LogP contribution in [0.4, 0.5) is 17.6 Å². The van der Waals surface area contributed by atoms with Crippen molar-refractivity contribution in [1.82, 2.24) is 20.2 Å². The number of piperidine rings is 1. The quantitative estimate of drug-likeness (QED) is 0.908. The van der Waals surface area contributed by atoms with E-state index >= 15 is 0 Å². The molecule has 0 amide bonds. The molecule has 2 aliphatic rings. The van der Waals surface area contributed by atoms with Crippen molar-refractivity contribution in [3.05, 3.63) is 24.0 Å². The van der Waals surface area contributed by atoms with E-state index in [1.165, 1.54) is 31.4 Å². The van der Waals surface area contributed by atoms with E-state index in [-0.39, 0.29) is 0 Å². The Bertz CT molecular complexity index is 648. The van der Waals surface area contributed by atoms with Gasteiger partial charge in [-0.15, -0.1) is 0 Å². The molecule has 0 bridgehead atoms. The van der Waals surface area contributed by atoms with Crippen molar-refractivity contribution in [3.8, 4) is 0 Å². The number of rotatable bonds is 4. The Kier molecular flexibility index (Phi) is 3.44. The van der Waals surface area contributed by atoms with E-state index in [0.717, 1.165) is 30.7 Å². The van der Waals surface area contributed by atoms with Gasteiger partial charge in [0.05, 0.1) is 0 Å². The molecule has 116 valence electrons. The van der Waals surface area contributed by atoms with Crippen LogP contribution in [-0.4, -0.2) is 33.3 Å². The van der Waals surface area contributed by atoms with Gasteiger partial charge in [0.2, 0.25) is 5.95 Å². The number of hydrogen-bond donors (Lipinski definition) is 2. The largest absolute Gasteiger partial charge is 0.341 e. The third-order valence-electron chi connectivity index (χ3n) is 4.45. The van der Waals surface area contributed by atoms with E-state index in [4.69, 9.17) is 0 Å². The zero-order valence-corrected chi connectivity index (χ0v) is 12.9. The van der Waals surface area contributed by atoms with Crippen LogP contribution in [0.2, 0.25) is 0 Å². The average Bonchev–Trinajstić information content (AvgIpc) is 3.28. The number of aromatic amines is 1. The summed E-state index contributed by atoms with van der Waals surface area (Å²) in [4.78, 5) is 11.4. The first-order valence-corrected chi connectivity index (χ1v) is 8.18. The minimum Gasteiger partial charge on any atom is -0.341 e. The van der Waals surface area contributed by atoms with Crippen LogP contribution in [0.25, 0.3) is 0 Å². The summed E-state index contributed by atoms with van der Waals surface area (Å²) in [5, 5.41) is 10.7. The highest BCUT2D eigenvalue weighted by Crippen LogP contribution is 2.39. The molecule has 1 unspecified atom stereocenters. The second-order valence-electron chi connectivity index (χ2n) is 6.54. The molecule has 1 saturated heterocycles. The molecule has 6 heteroatoms. The van der Waals surface area contributed by atoms with E-state index in [1.807, 2.05) is 12.3 Å². The van der Waals surface area contributed by atoms with Crippen LogP contribution >= 0.6 is 0 Å². The summed E-state index contributed by atoms with van der Waals surface area (Å²) in [7, 11) is 0. The number of aromatic nitrogens is 4. The fraction of sp³-hybridized carbons (Fsp3) is 0.562. The predicted octanol–water partition coefficient (Wildman–Crippen LogP) is 3.06. The Morgan fingerprint density at radius 1 is 1.27 bits per heavy atom. The van der Waals surface area contributed by atoms with Crippen LogP contribution in [0.15, 0.2) is 18.3 Å². The molecule has 1 aliphatic carbocycles. The summed E-state index contributed by atoms with van der Waals surface area (Å²) < 4.78 is 0. The molecule has 0 spiro atoms. The molecule has 0 radical (unpaired) electrons. The Morgan fingerprint density at radius 3 is 3.00 bits per heavy atom. The molecule has 22 heavy (non-hydrogen) atoms. The highest BCUT2D eigenvalue weighted by atomic mass is 15.3. The van der Waals surface area contributed by atoms with Crippen LogP contribution in [0.5, 0.6) is 0 Å². The van der Waals surface area contributed by atoms with Gasteiger partial charge < -0.3 is 10.2 Å². The molecule has 0 aromatic carbocycles. The van der Waals surface area contributed by atoms with Crippen LogP contribution in [0.3, 0.4) is 0 Å². The molecule has 2 aromatic rings. The number of anilines is 3. The highest BCUT2D eigenvalue weighted by molar-refractivity contribution is 5.53. The Morgan fingerprint density at radius 2 is 2.18 bits per heavy atom. The SMILES string of the molecule is CC1CCCN(c2nccc(Nc3cc(C4CC4)[nH]n3)n2)C1. The van der Waals surface area contributed by atoms with E-state index in [1.54, 1.807) is 0 Å². The fourth-order valence-electron chi connectivity index (χ4n) is 3.08. The van der Waals surface area contributed by atoms with E-state index in [0.29, 0.717) is 11.8 Å². The summed E-state index contributed by atoms with van der Waals surface area (Å²) in [6, 6.07) is 3.98. The minimum absolute atomic E-state index is 0.679. The lowest BCUT2D eigenvalue weighted by atomic mass is 10.0. The van der Waals surface area contributed by atoms with Crippen molar-refractivity contribution in [1.29, 1.82) is 0 Å². The first-order chi connectivity index (χ1) is 10.8. The molecule has 3 heterocycles. The van der Waals surface area contributed by atoms with Crippen molar-refractivity contribution in [2.45, 2.75) is 38.5 Å². The Labute approximate surface area is 130 Å². The third-order valence-corrected chi connectivity index (χ3v) is 4.45. The Hall–Kier alpha value is -2.11. The number of H-pyrrole nitrogens is 1. The second kappa shape index (κ2) is 5.59. The van der Waals surface area contributed by atoms with Gasteiger partial charge in [-0.3, -0.25) is 5.10 Å². The minimum atomic E-state index is 0.679. The molecule has 4 rings (SSSR count). The first kappa shape index (κ1) is 13.5. The van der Waals surface area contributed by atoms with Gasteiger partial charge in [0.15, 0.2) is 5.82 Å². The van der Waals surface area contributed by atoms with Gasteiger partial charge in [0.1, 0.15) is 5.82 Å². The lowest BCUT2D eigenvalue weighted by molar-refractivity contribution is 0.442. The van der Waals surface area contributed by atoms with E-state index < -0.39 is 0 Å². The van der Waals surface area contributed by atoms with Gasteiger partial charge in [-0.25, -0.2) is 4.98 Å². The highest BCUT2D eigenvalue weighted by Gasteiger charge is 2.25. The monoisotopic (exact) mass is 298 g/mol. The first-order valence-electron chi connectivity index (χ1n) is 8.18. The molecular formula is C16H22N6. The average molecular weight is 298 g/mol. The van der Waals surface area contributed by atoms with Gasteiger partial charge in [-0.2, -0.15) is 10.1 Å². The molecule has 1 aliphatic heterocycles. The lowest BCUT2D eigenvalue weighted by Gasteiger charge is -2.30. The molecular weight excluding hydrogens is 276 g/mol. The van der Waals surface area contributed by atoms with Crippen molar-refractivity contribution in [2.24, 2.45) is 5.92 Å². The normalized spacial score (nSPS) is 21.9. The summed E-state index contributed by atoms with van der Waals surface area (Å²) in [5.41, 5.74) is 1.22. The van der Waals surface area contributed by atoms with E-state index in [2.05, 4.69) is 43.4 Å². The van der Waals surface area contributed by atoms with Crippen LogP contribution < -0.4 is 10.2 Å². The van der Waals surface area contributed by atoms with Gasteiger partial charge in [-0.1, -0.05) is 6.92 Å². The Balaban J connectivity index is 1.48. The maximum atomic E-state index is 4.65. The molecule has 2 N–H and O–H groups in total. The van der Waals surface area contributed by atoms with Gasteiger partial charge >= 0.3 is 0 Å². The van der Waals surface area contributed by atoms with Crippen LogP contribution in [-0.2, 0) is 0 Å². The van der Waals surface area contributed by atoms with Crippen molar-refractivity contribution in [3.63, 3.8) is 0 Å². The van der Waals surface area contributed by atoms with Gasteiger partial charge in [-0.05, 0) is 37.7 Å². The van der Waals surface area contributed by atoms with E-state index in [9.17, 15) is 0 Å². The molecule has 1 atom stereocenters. The molecule has 1 saturated carbocycles. The summed E-state index contributed by atoms with van der Waals surface area (Å²) in [6.45, 7) is 4.37. The number of nitrogens with one attached hydrogen (secondary N) is 2. The maximum Gasteiger partial charge on any atom is 0.227 e. The van der Waals surface area contributed by atoms with Crippen molar-refractivity contribution in [2.75, 3.05) is 23.3 Å². The summed E-state index contributed by atoms with van der Waals surface area (Å²) in [6.07, 6.45) is 6.87. The summed E-state index contributed by atoms with van der Waals surface area (Å²) in [5.74, 6) is 3.84. The fourth-order valence-corrected chi connectivity index (χ4v) is 3.08.